The molecule has 0 unspecified atom stereocenters. The maximum Gasteiger partial charge on any atom is 0.253 e. The molecule has 5 aliphatic rings. The molecule has 5 atom stereocenters. The first-order chi connectivity index (χ1) is 16.1. The third kappa shape index (κ3) is 2.91. The standard InChI is InChI=1S/C26H34N2O6/c1-14(24(32)28-9-7-17(29)13-28)21(31)23-26-8-10-27(12-15-3-4-15)19(25(26,2)33)11-16-5-6-18(30)22(34-23)20(16)26/h5-6,15,17,19,23,29-31,33H,3-4,7-13H2,1-2H3/b21-14-/t17-,19-,23+,25-,26+/m1/s1. The summed E-state index contributed by atoms with van der Waals surface area (Å²) in [5, 5.41) is 44.2. The summed E-state index contributed by atoms with van der Waals surface area (Å²) in [4.78, 5) is 17.1. The molecule has 4 N–H and O–H groups in total. The number of ether oxygens (including phenoxy) is 1. The van der Waals surface area contributed by atoms with E-state index in [1.54, 1.807) is 17.9 Å². The van der Waals surface area contributed by atoms with Crippen molar-refractivity contribution in [3.8, 4) is 11.5 Å². The van der Waals surface area contributed by atoms with Crippen LogP contribution in [0.25, 0.3) is 0 Å². The molecule has 6 rings (SSSR count). The van der Waals surface area contributed by atoms with Crippen molar-refractivity contribution in [2.45, 2.75) is 75.2 Å². The van der Waals surface area contributed by atoms with Crippen molar-refractivity contribution < 1.29 is 30.0 Å². The van der Waals surface area contributed by atoms with Crippen molar-refractivity contribution in [1.29, 1.82) is 0 Å². The second-order valence-electron chi connectivity index (χ2n) is 11.2. The van der Waals surface area contributed by atoms with Crippen LogP contribution in [0.5, 0.6) is 11.5 Å². The van der Waals surface area contributed by atoms with Crippen LogP contribution < -0.4 is 4.74 Å². The van der Waals surface area contributed by atoms with E-state index >= 15 is 0 Å². The van der Waals surface area contributed by atoms with Crippen LogP contribution in [0, 0.1) is 5.92 Å². The summed E-state index contributed by atoms with van der Waals surface area (Å²) in [6, 6.07) is 3.38. The zero-order valence-corrected chi connectivity index (χ0v) is 19.8. The minimum absolute atomic E-state index is 0.0188. The van der Waals surface area contributed by atoms with E-state index in [2.05, 4.69) is 4.90 Å². The summed E-state index contributed by atoms with van der Waals surface area (Å²) in [7, 11) is 0. The van der Waals surface area contributed by atoms with E-state index in [0.29, 0.717) is 37.5 Å². The van der Waals surface area contributed by atoms with Crippen LogP contribution in [0.15, 0.2) is 23.5 Å². The molecule has 1 saturated carbocycles. The van der Waals surface area contributed by atoms with Gasteiger partial charge in [0.2, 0.25) is 0 Å². The highest BCUT2D eigenvalue weighted by Crippen LogP contribution is 2.63. The Labute approximate surface area is 199 Å². The molecule has 1 spiro atoms. The molecule has 3 aliphatic heterocycles. The van der Waals surface area contributed by atoms with Crippen LogP contribution in [0.1, 0.15) is 50.7 Å². The van der Waals surface area contributed by atoms with Crippen molar-refractivity contribution in [1.82, 2.24) is 9.80 Å². The van der Waals surface area contributed by atoms with Gasteiger partial charge in [0.1, 0.15) is 5.76 Å². The molecule has 3 fully saturated rings. The number of benzene rings is 1. The van der Waals surface area contributed by atoms with E-state index in [9.17, 15) is 25.2 Å². The fourth-order valence-corrected chi connectivity index (χ4v) is 7.04. The maximum atomic E-state index is 13.1. The Morgan fingerprint density at radius 2 is 2.00 bits per heavy atom. The smallest absolute Gasteiger partial charge is 0.253 e. The van der Waals surface area contributed by atoms with Crippen LogP contribution >= 0.6 is 0 Å². The van der Waals surface area contributed by atoms with E-state index < -0.39 is 23.2 Å². The second kappa shape index (κ2) is 7.35. The normalized spacial score (nSPS) is 37.3. The van der Waals surface area contributed by atoms with Gasteiger partial charge in [-0.3, -0.25) is 9.69 Å². The van der Waals surface area contributed by atoms with Crippen molar-refractivity contribution in [2.75, 3.05) is 26.2 Å². The number of aliphatic hydroxyl groups excluding tert-OH is 2. The number of piperidine rings is 1. The van der Waals surface area contributed by atoms with Gasteiger partial charge in [-0.25, -0.2) is 0 Å². The molecule has 8 heteroatoms. The zero-order chi connectivity index (χ0) is 24.0. The molecule has 1 amide bonds. The molecule has 2 bridgehead atoms. The third-order valence-electron chi connectivity index (χ3n) is 9.15. The average Bonchev–Trinajstić information content (AvgIpc) is 3.38. The summed E-state index contributed by atoms with van der Waals surface area (Å²) in [6.45, 7) is 5.78. The number of aliphatic hydroxyl groups is 3. The van der Waals surface area contributed by atoms with Crippen LogP contribution in [-0.2, 0) is 16.6 Å². The number of β-amino-alcohol motifs (C(OH)–C–C–N with tert-alkyl or cyclic N) is 1. The monoisotopic (exact) mass is 470 g/mol. The Hall–Kier alpha value is -2.29. The lowest BCUT2D eigenvalue weighted by atomic mass is 9.53. The van der Waals surface area contributed by atoms with Gasteiger partial charge in [0, 0.05) is 31.2 Å². The number of phenols is 1. The third-order valence-corrected chi connectivity index (χ3v) is 9.15. The van der Waals surface area contributed by atoms with E-state index in [1.807, 2.05) is 13.0 Å². The molecule has 2 saturated heterocycles. The predicted molar refractivity (Wildman–Crippen MR) is 124 cm³/mol. The molecule has 1 aromatic carbocycles. The Kier molecular flexibility index (Phi) is 4.80. The lowest BCUT2D eigenvalue weighted by Gasteiger charge is -2.59. The van der Waals surface area contributed by atoms with Crippen LogP contribution in [-0.4, -0.2) is 86.2 Å². The Bertz CT molecular complexity index is 1080. The number of carbonyl (C=O) groups excluding carboxylic acids is 1. The van der Waals surface area contributed by atoms with Gasteiger partial charge in [0.05, 0.1) is 22.7 Å². The highest BCUT2D eigenvalue weighted by Gasteiger charge is 2.69. The number of phenolic OH excluding ortho intramolecular Hbond substituents is 1. The molecule has 8 nitrogen and oxygen atoms in total. The Morgan fingerprint density at radius 3 is 2.68 bits per heavy atom. The van der Waals surface area contributed by atoms with Gasteiger partial charge in [0.25, 0.3) is 5.91 Å². The number of hydrogen-bond acceptors (Lipinski definition) is 7. The van der Waals surface area contributed by atoms with Crippen LogP contribution in [0.4, 0.5) is 0 Å². The highest BCUT2D eigenvalue weighted by molar-refractivity contribution is 5.93. The number of likely N-dealkylation sites (tertiary alicyclic amines) is 2. The number of fused-ring (bicyclic) bond motifs is 1. The summed E-state index contributed by atoms with van der Waals surface area (Å²) >= 11 is 0. The summed E-state index contributed by atoms with van der Waals surface area (Å²) in [6.07, 6.45) is 2.63. The van der Waals surface area contributed by atoms with Crippen molar-refractivity contribution >= 4 is 5.91 Å². The number of carbonyl (C=O) groups is 1. The van der Waals surface area contributed by atoms with Gasteiger partial charge < -0.3 is 30.1 Å². The van der Waals surface area contributed by atoms with E-state index in [-0.39, 0.29) is 35.6 Å². The van der Waals surface area contributed by atoms with Gasteiger partial charge in [-0.1, -0.05) is 6.07 Å². The molecular weight excluding hydrogens is 436 g/mol. The van der Waals surface area contributed by atoms with E-state index in [1.165, 1.54) is 12.8 Å². The summed E-state index contributed by atoms with van der Waals surface area (Å²) < 4.78 is 6.26. The molecule has 0 radical (unpaired) electrons. The van der Waals surface area contributed by atoms with Crippen LogP contribution in [0.2, 0.25) is 0 Å². The largest absolute Gasteiger partial charge is 0.508 e. The number of amides is 1. The van der Waals surface area contributed by atoms with Gasteiger partial charge in [0.15, 0.2) is 17.6 Å². The SMILES string of the molecule is C/C(C(=O)N1CC[C@@H](O)C1)=C(/O)[C@@H]1Oc2c(O)ccc3c2[C@@]12CCN(CC1CC1)[C@H](C3)[C@@]2(C)O. The molecule has 1 aromatic rings. The summed E-state index contributed by atoms with van der Waals surface area (Å²) in [5.74, 6) is 0.424. The second-order valence-corrected chi connectivity index (χ2v) is 11.2. The van der Waals surface area contributed by atoms with Crippen molar-refractivity contribution in [2.24, 2.45) is 5.92 Å². The van der Waals surface area contributed by atoms with E-state index in [4.69, 9.17) is 4.74 Å². The molecule has 2 aliphatic carbocycles. The Balaban J connectivity index is 1.45. The lowest BCUT2D eigenvalue weighted by Crippen LogP contribution is -2.73. The first-order valence-corrected chi connectivity index (χ1v) is 12.5. The quantitative estimate of drug-likeness (QED) is 0.391. The zero-order valence-electron chi connectivity index (χ0n) is 19.8. The summed E-state index contributed by atoms with van der Waals surface area (Å²) in [5.41, 5.74) is -0.270. The molecule has 0 aromatic heterocycles. The van der Waals surface area contributed by atoms with Crippen molar-refractivity contribution in [3.63, 3.8) is 0 Å². The van der Waals surface area contributed by atoms with Gasteiger partial charge in [-0.2, -0.15) is 0 Å². The number of nitrogens with zero attached hydrogens (tertiary/aromatic N) is 2. The van der Waals surface area contributed by atoms with Gasteiger partial charge >= 0.3 is 0 Å². The minimum atomic E-state index is -1.24. The molecule has 3 heterocycles. The Morgan fingerprint density at radius 1 is 1.24 bits per heavy atom. The predicted octanol–water partition coefficient (Wildman–Crippen LogP) is 1.61. The number of hydrogen-bond donors (Lipinski definition) is 4. The van der Waals surface area contributed by atoms with E-state index in [0.717, 1.165) is 24.2 Å². The first-order valence-electron chi connectivity index (χ1n) is 12.5. The molecule has 184 valence electrons. The molecule has 34 heavy (non-hydrogen) atoms. The highest BCUT2D eigenvalue weighted by atomic mass is 16.5. The molecular formula is C26H34N2O6. The topological polar surface area (TPSA) is 114 Å². The first kappa shape index (κ1) is 22.2. The average molecular weight is 471 g/mol. The van der Waals surface area contributed by atoms with Crippen molar-refractivity contribution in [3.05, 3.63) is 34.6 Å². The fourth-order valence-electron chi connectivity index (χ4n) is 7.04. The number of rotatable bonds is 4. The number of aromatic hydroxyl groups is 1. The van der Waals surface area contributed by atoms with Gasteiger partial charge in [-0.15, -0.1) is 0 Å². The van der Waals surface area contributed by atoms with Crippen LogP contribution in [0.3, 0.4) is 0 Å². The van der Waals surface area contributed by atoms with Gasteiger partial charge in [-0.05, 0) is 70.0 Å². The minimum Gasteiger partial charge on any atom is -0.508 e. The lowest BCUT2D eigenvalue weighted by molar-refractivity contribution is -0.153. The maximum absolute atomic E-state index is 13.1. The fraction of sp³-hybridized carbons (Fsp3) is 0.654.